The van der Waals surface area contributed by atoms with Crippen LogP contribution in [0.1, 0.15) is 38.8 Å². The maximum Gasteiger partial charge on any atom is 0.243 e. The fraction of sp³-hybridized carbons (Fsp3) is 0.571. The van der Waals surface area contributed by atoms with E-state index in [9.17, 15) is 8.42 Å². The second-order valence-electron chi connectivity index (χ2n) is 4.58. The number of rotatable bonds is 7. The van der Waals surface area contributed by atoms with Crippen LogP contribution in [0.25, 0.3) is 0 Å². The van der Waals surface area contributed by atoms with Crippen LogP contribution in [-0.4, -0.2) is 32.9 Å². The van der Waals surface area contributed by atoms with Crippen molar-refractivity contribution in [3.05, 3.63) is 29.8 Å². The molecule has 0 heterocycles. The van der Waals surface area contributed by atoms with Gasteiger partial charge in [-0.2, -0.15) is 4.31 Å². The molecule has 1 unspecified atom stereocenters. The normalized spacial score (nSPS) is 13.7. The predicted molar refractivity (Wildman–Crippen MR) is 78.6 cm³/mol. The van der Waals surface area contributed by atoms with Gasteiger partial charge in [0, 0.05) is 19.1 Å². The highest BCUT2D eigenvalue weighted by Gasteiger charge is 2.22. The molecular formula is C14H24N2O2S. The standard InChI is InChI=1S/C14H24N2O2S/c1-5-11-16(6-2)19(17,18)14-9-7-13(8-10-14)12(3)15-4/h7-10,12,15H,5-6,11H2,1-4H3. The fourth-order valence-corrected chi connectivity index (χ4v) is 3.48. The summed E-state index contributed by atoms with van der Waals surface area (Å²) in [4.78, 5) is 0.370. The average molecular weight is 284 g/mol. The van der Waals surface area contributed by atoms with Crippen LogP contribution in [0, 0.1) is 0 Å². The molecule has 0 amide bonds. The van der Waals surface area contributed by atoms with E-state index in [1.54, 1.807) is 12.1 Å². The van der Waals surface area contributed by atoms with E-state index in [1.165, 1.54) is 4.31 Å². The van der Waals surface area contributed by atoms with Gasteiger partial charge in [-0.25, -0.2) is 8.42 Å². The summed E-state index contributed by atoms with van der Waals surface area (Å²) < 4.78 is 26.3. The van der Waals surface area contributed by atoms with Crippen LogP contribution in [0.15, 0.2) is 29.2 Å². The zero-order valence-corrected chi connectivity index (χ0v) is 13.0. The van der Waals surface area contributed by atoms with E-state index in [0.29, 0.717) is 18.0 Å². The van der Waals surface area contributed by atoms with E-state index in [4.69, 9.17) is 0 Å². The number of sulfonamides is 1. The zero-order valence-electron chi connectivity index (χ0n) is 12.2. The maximum absolute atomic E-state index is 12.4. The van der Waals surface area contributed by atoms with E-state index in [1.807, 2.05) is 40.0 Å². The van der Waals surface area contributed by atoms with E-state index in [-0.39, 0.29) is 6.04 Å². The van der Waals surface area contributed by atoms with Gasteiger partial charge in [0.1, 0.15) is 0 Å². The molecule has 1 aromatic rings. The summed E-state index contributed by atoms with van der Waals surface area (Å²) in [7, 11) is -1.47. The van der Waals surface area contributed by atoms with Crippen LogP contribution in [0.3, 0.4) is 0 Å². The summed E-state index contributed by atoms with van der Waals surface area (Å²) in [5, 5.41) is 3.13. The number of nitrogens with zero attached hydrogens (tertiary/aromatic N) is 1. The summed E-state index contributed by atoms with van der Waals surface area (Å²) in [5.41, 5.74) is 1.08. The van der Waals surface area contributed by atoms with Gasteiger partial charge < -0.3 is 5.32 Å². The van der Waals surface area contributed by atoms with Crippen molar-refractivity contribution < 1.29 is 8.42 Å². The Bertz CT molecular complexity index is 483. The van der Waals surface area contributed by atoms with Crippen molar-refractivity contribution in [3.63, 3.8) is 0 Å². The smallest absolute Gasteiger partial charge is 0.243 e. The molecule has 19 heavy (non-hydrogen) atoms. The molecule has 108 valence electrons. The van der Waals surface area contributed by atoms with Crippen LogP contribution in [0.4, 0.5) is 0 Å². The molecule has 1 N–H and O–H groups in total. The molecule has 0 saturated carbocycles. The molecule has 0 radical (unpaired) electrons. The lowest BCUT2D eigenvalue weighted by molar-refractivity contribution is 0.427. The Hall–Kier alpha value is -0.910. The lowest BCUT2D eigenvalue weighted by atomic mass is 10.1. The Morgan fingerprint density at radius 2 is 1.79 bits per heavy atom. The lowest BCUT2D eigenvalue weighted by Gasteiger charge is -2.20. The molecule has 4 nitrogen and oxygen atoms in total. The van der Waals surface area contributed by atoms with E-state index >= 15 is 0 Å². The third kappa shape index (κ3) is 3.78. The van der Waals surface area contributed by atoms with E-state index in [0.717, 1.165) is 12.0 Å². The minimum atomic E-state index is -3.35. The molecule has 0 spiro atoms. The lowest BCUT2D eigenvalue weighted by Crippen LogP contribution is -2.31. The van der Waals surface area contributed by atoms with Crippen LogP contribution < -0.4 is 5.32 Å². The Labute approximate surface area is 116 Å². The zero-order chi connectivity index (χ0) is 14.5. The summed E-state index contributed by atoms with van der Waals surface area (Å²) in [6.45, 7) is 6.96. The molecule has 0 aromatic heterocycles. The number of nitrogens with one attached hydrogen (secondary N) is 1. The first-order chi connectivity index (χ1) is 8.97. The second-order valence-corrected chi connectivity index (χ2v) is 6.51. The summed E-state index contributed by atoms with van der Waals surface area (Å²) in [5.74, 6) is 0. The van der Waals surface area contributed by atoms with Crippen LogP contribution in [0.2, 0.25) is 0 Å². The summed E-state index contributed by atoms with van der Waals surface area (Å²) >= 11 is 0. The summed E-state index contributed by atoms with van der Waals surface area (Å²) in [6, 6.07) is 7.34. The van der Waals surface area contributed by atoms with E-state index < -0.39 is 10.0 Å². The van der Waals surface area contributed by atoms with Crippen molar-refractivity contribution in [2.45, 2.75) is 38.1 Å². The van der Waals surface area contributed by atoms with Gasteiger partial charge >= 0.3 is 0 Å². The molecule has 1 aromatic carbocycles. The van der Waals surface area contributed by atoms with Gasteiger partial charge in [-0.05, 0) is 38.1 Å². The molecule has 0 bridgehead atoms. The van der Waals surface area contributed by atoms with Gasteiger partial charge in [0.05, 0.1) is 4.90 Å². The van der Waals surface area contributed by atoms with Gasteiger partial charge in [0.2, 0.25) is 10.0 Å². The van der Waals surface area contributed by atoms with Crippen molar-refractivity contribution >= 4 is 10.0 Å². The maximum atomic E-state index is 12.4. The van der Waals surface area contributed by atoms with Gasteiger partial charge in [0.15, 0.2) is 0 Å². The molecule has 0 saturated heterocycles. The molecular weight excluding hydrogens is 260 g/mol. The van der Waals surface area contributed by atoms with Crippen molar-refractivity contribution in [2.75, 3.05) is 20.1 Å². The fourth-order valence-electron chi connectivity index (χ4n) is 1.94. The second kappa shape index (κ2) is 7.03. The first kappa shape index (κ1) is 16.1. The van der Waals surface area contributed by atoms with Crippen LogP contribution in [0.5, 0.6) is 0 Å². The Kier molecular flexibility index (Phi) is 5.97. The van der Waals surface area contributed by atoms with Crippen molar-refractivity contribution in [1.29, 1.82) is 0 Å². The number of hydrogen-bond donors (Lipinski definition) is 1. The highest BCUT2D eigenvalue weighted by molar-refractivity contribution is 7.89. The third-order valence-corrected chi connectivity index (χ3v) is 5.27. The van der Waals surface area contributed by atoms with Crippen molar-refractivity contribution in [1.82, 2.24) is 9.62 Å². The molecule has 5 heteroatoms. The minimum Gasteiger partial charge on any atom is -0.313 e. The van der Waals surface area contributed by atoms with E-state index in [2.05, 4.69) is 5.32 Å². The first-order valence-corrected chi connectivity index (χ1v) is 8.18. The first-order valence-electron chi connectivity index (χ1n) is 6.74. The Morgan fingerprint density at radius 3 is 2.21 bits per heavy atom. The Morgan fingerprint density at radius 1 is 1.21 bits per heavy atom. The van der Waals surface area contributed by atoms with Crippen molar-refractivity contribution in [2.24, 2.45) is 0 Å². The number of hydrogen-bond acceptors (Lipinski definition) is 3. The average Bonchev–Trinajstić information content (AvgIpc) is 2.43. The topological polar surface area (TPSA) is 49.4 Å². The Balaban J connectivity index is 3.02. The number of benzene rings is 1. The molecule has 1 atom stereocenters. The molecule has 1 rings (SSSR count). The largest absolute Gasteiger partial charge is 0.313 e. The molecule has 0 aliphatic carbocycles. The highest BCUT2D eigenvalue weighted by atomic mass is 32.2. The van der Waals surface area contributed by atoms with Gasteiger partial charge in [-0.15, -0.1) is 0 Å². The van der Waals surface area contributed by atoms with Gasteiger partial charge in [-0.3, -0.25) is 0 Å². The van der Waals surface area contributed by atoms with Crippen LogP contribution >= 0.6 is 0 Å². The predicted octanol–water partition coefficient (Wildman–Crippen LogP) is 2.39. The quantitative estimate of drug-likeness (QED) is 0.836. The minimum absolute atomic E-state index is 0.217. The molecule has 0 aliphatic rings. The SMILES string of the molecule is CCCN(CC)S(=O)(=O)c1ccc(C(C)NC)cc1. The van der Waals surface area contributed by atoms with Gasteiger partial charge in [-0.1, -0.05) is 26.0 Å². The van der Waals surface area contributed by atoms with Crippen LogP contribution in [-0.2, 0) is 10.0 Å². The highest BCUT2D eigenvalue weighted by Crippen LogP contribution is 2.19. The molecule has 0 aliphatic heterocycles. The third-order valence-electron chi connectivity index (χ3n) is 3.28. The van der Waals surface area contributed by atoms with Gasteiger partial charge in [0.25, 0.3) is 0 Å². The molecule has 0 fully saturated rings. The monoisotopic (exact) mass is 284 g/mol. The summed E-state index contributed by atoms with van der Waals surface area (Å²) in [6.07, 6.45) is 0.821. The van der Waals surface area contributed by atoms with Crippen molar-refractivity contribution in [3.8, 4) is 0 Å².